The summed E-state index contributed by atoms with van der Waals surface area (Å²) < 4.78 is 2.27. The normalized spacial score (nSPS) is 16.8. The quantitative estimate of drug-likeness (QED) is 0.630. The summed E-state index contributed by atoms with van der Waals surface area (Å²) in [7, 11) is 6.08. The van der Waals surface area contributed by atoms with Gasteiger partial charge < -0.3 is 4.90 Å². The summed E-state index contributed by atoms with van der Waals surface area (Å²) in [6.07, 6.45) is 2.80. The summed E-state index contributed by atoms with van der Waals surface area (Å²) in [5, 5.41) is 10.3. The zero-order chi connectivity index (χ0) is 21.6. The average Bonchev–Trinajstić information content (AvgIpc) is 2.92. The summed E-state index contributed by atoms with van der Waals surface area (Å²) in [5.74, 6) is 2.17. The number of aryl methyl sites for hydroxylation is 4. The predicted octanol–water partition coefficient (Wildman–Crippen LogP) is 3.89. The lowest BCUT2D eigenvalue weighted by molar-refractivity contribution is 0.420. The number of anilines is 1. The Bertz CT molecular complexity index is 1150. The molecule has 6 heteroatoms. The van der Waals surface area contributed by atoms with Crippen LogP contribution < -0.4 is 10.4 Å². The molecular weight excluding hydrogens is 369 g/mol. The molecule has 0 aliphatic carbocycles. The van der Waals surface area contributed by atoms with Crippen molar-refractivity contribution in [1.82, 2.24) is 14.5 Å². The lowest BCUT2D eigenvalue weighted by Gasteiger charge is -2.33. The molecular formula is C24H28BN5. The van der Waals surface area contributed by atoms with E-state index in [0.717, 1.165) is 70.9 Å². The molecule has 1 aliphatic heterocycles. The van der Waals surface area contributed by atoms with Crippen molar-refractivity contribution in [2.45, 2.75) is 53.9 Å². The molecule has 3 aromatic rings. The third-order valence-corrected chi connectivity index (χ3v) is 6.38. The Balaban J connectivity index is 1.95. The zero-order valence-electron chi connectivity index (χ0n) is 18.6. The number of benzene rings is 1. The highest BCUT2D eigenvalue weighted by atomic mass is 15.2. The monoisotopic (exact) mass is 397 g/mol. The first-order valence-electron chi connectivity index (χ1n) is 10.7. The first-order chi connectivity index (χ1) is 14.3. The molecule has 1 unspecified atom stereocenters. The minimum Gasteiger partial charge on any atom is -0.356 e. The highest BCUT2D eigenvalue weighted by Crippen LogP contribution is 2.36. The molecule has 0 N–H and O–H groups in total. The first-order valence-corrected chi connectivity index (χ1v) is 10.7. The van der Waals surface area contributed by atoms with Crippen LogP contribution in [0.4, 0.5) is 5.82 Å². The Kier molecular flexibility index (Phi) is 5.32. The van der Waals surface area contributed by atoms with E-state index in [1.54, 1.807) is 0 Å². The van der Waals surface area contributed by atoms with E-state index in [2.05, 4.69) is 43.2 Å². The molecule has 3 heterocycles. The minimum absolute atomic E-state index is 0.402. The van der Waals surface area contributed by atoms with E-state index in [-0.39, 0.29) is 0 Å². The van der Waals surface area contributed by atoms with Gasteiger partial charge in [-0.1, -0.05) is 17.6 Å². The van der Waals surface area contributed by atoms with Gasteiger partial charge in [-0.2, -0.15) is 5.26 Å². The summed E-state index contributed by atoms with van der Waals surface area (Å²) in [5.41, 5.74) is 7.53. The molecule has 0 saturated carbocycles. The van der Waals surface area contributed by atoms with Gasteiger partial charge in [0, 0.05) is 25.2 Å². The number of nitrogens with zero attached hydrogens (tertiary/aromatic N) is 5. The number of rotatable bonds is 3. The number of hydrogen-bond donors (Lipinski definition) is 0. The van der Waals surface area contributed by atoms with Crippen molar-refractivity contribution in [2.24, 2.45) is 5.92 Å². The van der Waals surface area contributed by atoms with Crippen LogP contribution >= 0.6 is 0 Å². The maximum atomic E-state index is 9.17. The second-order valence-electron chi connectivity index (χ2n) is 8.66. The summed E-state index contributed by atoms with van der Waals surface area (Å²) >= 11 is 0. The molecule has 2 radical (unpaired) electrons. The highest BCUT2D eigenvalue weighted by Gasteiger charge is 2.26. The fourth-order valence-corrected chi connectivity index (χ4v) is 4.95. The van der Waals surface area contributed by atoms with Crippen molar-refractivity contribution in [1.29, 1.82) is 5.26 Å². The average molecular weight is 397 g/mol. The Labute approximate surface area is 180 Å². The third kappa shape index (κ3) is 3.37. The Morgan fingerprint density at radius 1 is 1.13 bits per heavy atom. The number of piperidine rings is 1. The Morgan fingerprint density at radius 2 is 1.83 bits per heavy atom. The van der Waals surface area contributed by atoms with Crippen LogP contribution in [-0.4, -0.2) is 35.5 Å². The summed E-state index contributed by atoms with van der Waals surface area (Å²) in [6.45, 7) is 12.3. The summed E-state index contributed by atoms with van der Waals surface area (Å²) in [6, 6.07) is 6.39. The SMILES string of the molecule is [B]c1cc(C)c(-n2c(C)c(C)c3c(N4CCCC(CC#N)C4)nc(C)nc32)c(C)c1. The van der Waals surface area contributed by atoms with Gasteiger partial charge in [0.2, 0.25) is 0 Å². The fraction of sp³-hybridized carbons (Fsp3) is 0.458. The van der Waals surface area contributed by atoms with E-state index in [4.69, 9.17) is 23.1 Å². The van der Waals surface area contributed by atoms with Crippen LogP contribution in [0.3, 0.4) is 0 Å². The van der Waals surface area contributed by atoms with Gasteiger partial charge in [-0.05, 0) is 70.1 Å². The van der Waals surface area contributed by atoms with E-state index < -0.39 is 0 Å². The number of aromatic nitrogens is 3. The number of fused-ring (bicyclic) bond motifs is 1. The van der Waals surface area contributed by atoms with E-state index in [1.807, 2.05) is 19.1 Å². The van der Waals surface area contributed by atoms with Crippen LogP contribution in [0.25, 0.3) is 16.7 Å². The molecule has 1 aromatic carbocycles. The van der Waals surface area contributed by atoms with Crippen LogP contribution in [0.2, 0.25) is 0 Å². The van der Waals surface area contributed by atoms with Crippen molar-refractivity contribution < 1.29 is 0 Å². The lowest BCUT2D eigenvalue weighted by Crippen LogP contribution is -2.36. The van der Waals surface area contributed by atoms with Crippen LogP contribution in [0.15, 0.2) is 12.1 Å². The molecule has 1 aliphatic rings. The Hall–Kier alpha value is -2.81. The van der Waals surface area contributed by atoms with Crippen LogP contribution in [0, 0.1) is 51.9 Å². The molecule has 0 bridgehead atoms. The maximum absolute atomic E-state index is 9.17. The topological polar surface area (TPSA) is 57.7 Å². The van der Waals surface area contributed by atoms with Gasteiger partial charge >= 0.3 is 0 Å². The van der Waals surface area contributed by atoms with Gasteiger partial charge in [0.05, 0.1) is 17.1 Å². The fourth-order valence-electron chi connectivity index (χ4n) is 4.95. The predicted molar refractivity (Wildman–Crippen MR) is 123 cm³/mol. The first kappa shape index (κ1) is 20.5. The van der Waals surface area contributed by atoms with Crippen LogP contribution in [0.5, 0.6) is 0 Å². The van der Waals surface area contributed by atoms with Gasteiger partial charge in [0.25, 0.3) is 0 Å². The molecule has 1 atom stereocenters. The minimum atomic E-state index is 0.402. The van der Waals surface area contributed by atoms with Gasteiger partial charge in [0.1, 0.15) is 19.5 Å². The lowest BCUT2D eigenvalue weighted by atomic mass is 9.91. The van der Waals surface area contributed by atoms with E-state index in [0.29, 0.717) is 12.3 Å². The summed E-state index contributed by atoms with van der Waals surface area (Å²) in [4.78, 5) is 12.1. The van der Waals surface area contributed by atoms with Crippen molar-refractivity contribution >= 4 is 30.2 Å². The third-order valence-electron chi connectivity index (χ3n) is 6.38. The van der Waals surface area contributed by atoms with E-state index in [9.17, 15) is 0 Å². The zero-order valence-corrected chi connectivity index (χ0v) is 18.6. The van der Waals surface area contributed by atoms with Crippen molar-refractivity contribution in [3.8, 4) is 11.8 Å². The highest BCUT2D eigenvalue weighted by molar-refractivity contribution is 6.32. The van der Waals surface area contributed by atoms with Crippen LogP contribution in [0.1, 0.15) is 47.5 Å². The molecule has 0 amide bonds. The number of hydrogen-bond acceptors (Lipinski definition) is 4. The van der Waals surface area contributed by atoms with Gasteiger partial charge in [-0.15, -0.1) is 0 Å². The molecule has 2 aromatic heterocycles. The van der Waals surface area contributed by atoms with Gasteiger partial charge in [-0.3, -0.25) is 4.57 Å². The molecule has 30 heavy (non-hydrogen) atoms. The second-order valence-corrected chi connectivity index (χ2v) is 8.66. The van der Waals surface area contributed by atoms with E-state index >= 15 is 0 Å². The molecule has 1 fully saturated rings. The smallest absolute Gasteiger partial charge is 0.150 e. The molecule has 1 saturated heterocycles. The van der Waals surface area contributed by atoms with Crippen molar-refractivity contribution in [2.75, 3.05) is 18.0 Å². The maximum Gasteiger partial charge on any atom is 0.150 e. The molecule has 152 valence electrons. The largest absolute Gasteiger partial charge is 0.356 e. The number of nitriles is 1. The molecule has 5 nitrogen and oxygen atoms in total. The Morgan fingerprint density at radius 3 is 2.50 bits per heavy atom. The van der Waals surface area contributed by atoms with Crippen molar-refractivity contribution in [3.63, 3.8) is 0 Å². The molecule has 4 rings (SSSR count). The van der Waals surface area contributed by atoms with Gasteiger partial charge in [-0.25, -0.2) is 9.97 Å². The van der Waals surface area contributed by atoms with Crippen LogP contribution in [-0.2, 0) is 0 Å². The van der Waals surface area contributed by atoms with Gasteiger partial charge in [0.15, 0.2) is 5.65 Å². The standard InChI is InChI=1S/C24H28BN5/c1-14-11-20(25)12-15(2)22(14)30-17(4)16(3)21-23(27-18(5)28-24(21)30)29-10-6-7-19(13-29)8-9-26/h11-12,19H,6-8,10,13H2,1-5H3. The second kappa shape index (κ2) is 7.79. The molecule has 0 spiro atoms. The van der Waals surface area contributed by atoms with Crippen molar-refractivity contribution in [3.05, 3.63) is 40.3 Å². The van der Waals surface area contributed by atoms with E-state index in [1.165, 1.54) is 11.3 Å².